The van der Waals surface area contributed by atoms with Gasteiger partial charge in [0.1, 0.15) is 0 Å². The van der Waals surface area contributed by atoms with E-state index in [0.717, 1.165) is 11.4 Å². The Morgan fingerprint density at radius 1 is 1.28 bits per heavy atom. The number of hydrogen-bond acceptors (Lipinski definition) is 3. The number of carboxylic acids is 1. The molecule has 1 aromatic heterocycles. The van der Waals surface area contributed by atoms with Crippen LogP contribution >= 0.6 is 11.6 Å². The third-order valence-corrected chi connectivity index (χ3v) is 4.17. The second-order valence-corrected chi connectivity index (χ2v) is 6.45. The van der Waals surface area contributed by atoms with Gasteiger partial charge in [0.15, 0.2) is 0 Å². The van der Waals surface area contributed by atoms with Crippen LogP contribution in [0.3, 0.4) is 0 Å². The number of amides is 1. The molecule has 0 saturated heterocycles. The molecule has 0 saturated carbocycles. The van der Waals surface area contributed by atoms with Crippen molar-refractivity contribution in [3.63, 3.8) is 0 Å². The van der Waals surface area contributed by atoms with E-state index in [4.69, 9.17) is 16.7 Å². The van der Waals surface area contributed by atoms with Gasteiger partial charge in [-0.1, -0.05) is 25.4 Å². The third kappa shape index (κ3) is 4.39. The average molecular weight is 364 g/mol. The van der Waals surface area contributed by atoms with Crippen molar-refractivity contribution >= 4 is 23.5 Å². The number of carbonyl (C=O) groups is 2. The van der Waals surface area contributed by atoms with Crippen molar-refractivity contribution in [1.29, 1.82) is 0 Å². The number of nitrogens with zero attached hydrogens (tertiary/aromatic N) is 3. The van der Waals surface area contributed by atoms with Gasteiger partial charge in [0, 0.05) is 18.1 Å². The van der Waals surface area contributed by atoms with E-state index in [1.54, 1.807) is 23.0 Å². The minimum Gasteiger partial charge on any atom is -0.481 e. The minimum absolute atomic E-state index is 0.0651. The molecule has 0 bridgehead atoms. The van der Waals surface area contributed by atoms with E-state index in [9.17, 15) is 9.59 Å². The van der Waals surface area contributed by atoms with Crippen LogP contribution < -0.4 is 0 Å². The molecule has 0 spiro atoms. The lowest BCUT2D eigenvalue weighted by Crippen LogP contribution is -2.33. The second kappa shape index (κ2) is 8.16. The van der Waals surface area contributed by atoms with Crippen LogP contribution in [0.5, 0.6) is 0 Å². The van der Waals surface area contributed by atoms with Gasteiger partial charge >= 0.3 is 5.97 Å². The molecule has 1 heterocycles. The maximum absolute atomic E-state index is 12.9. The number of halogens is 1. The lowest BCUT2D eigenvalue weighted by Gasteiger charge is -2.21. The van der Waals surface area contributed by atoms with Gasteiger partial charge < -0.3 is 10.0 Å². The van der Waals surface area contributed by atoms with Crippen LogP contribution in [0.4, 0.5) is 0 Å². The SMILES string of the molecule is CCN(CCC(=O)O)C(=O)c1cnn(-c2ccc(Cl)cc2)c1C(C)C. The smallest absolute Gasteiger partial charge is 0.305 e. The van der Waals surface area contributed by atoms with E-state index < -0.39 is 5.97 Å². The molecule has 1 aromatic carbocycles. The van der Waals surface area contributed by atoms with E-state index >= 15 is 0 Å². The highest BCUT2D eigenvalue weighted by Gasteiger charge is 2.24. The van der Waals surface area contributed by atoms with Gasteiger partial charge in [-0.25, -0.2) is 4.68 Å². The van der Waals surface area contributed by atoms with Crippen LogP contribution in [-0.4, -0.2) is 44.8 Å². The second-order valence-electron chi connectivity index (χ2n) is 6.01. The lowest BCUT2D eigenvalue weighted by atomic mass is 10.0. The largest absolute Gasteiger partial charge is 0.481 e. The van der Waals surface area contributed by atoms with Crippen LogP contribution in [-0.2, 0) is 4.79 Å². The summed E-state index contributed by atoms with van der Waals surface area (Å²) in [5.74, 6) is -1.06. The fourth-order valence-corrected chi connectivity index (χ4v) is 2.80. The van der Waals surface area contributed by atoms with Crippen LogP contribution in [0, 0.1) is 0 Å². The van der Waals surface area contributed by atoms with E-state index in [0.29, 0.717) is 17.1 Å². The van der Waals surface area contributed by atoms with Gasteiger partial charge in [0.05, 0.1) is 29.6 Å². The van der Waals surface area contributed by atoms with Gasteiger partial charge in [0.25, 0.3) is 5.91 Å². The van der Waals surface area contributed by atoms with Crippen molar-refractivity contribution in [2.24, 2.45) is 0 Å². The summed E-state index contributed by atoms with van der Waals surface area (Å²) in [5.41, 5.74) is 2.11. The number of aliphatic carboxylic acids is 1. The molecular formula is C18H22ClN3O3. The Kier molecular flexibility index (Phi) is 6.20. The monoisotopic (exact) mass is 363 g/mol. The van der Waals surface area contributed by atoms with Crippen molar-refractivity contribution in [2.75, 3.05) is 13.1 Å². The Hall–Kier alpha value is -2.34. The first kappa shape index (κ1) is 19.0. The third-order valence-electron chi connectivity index (χ3n) is 3.92. The topological polar surface area (TPSA) is 75.4 Å². The number of benzene rings is 1. The molecule has 134 valence electrons. The van der Waals surface area contributed by atoms with Crippen molar-refractivity contribution < 1.29 is 14.7 Å². The molecule has 6 nitrogen and oxygen atoms in total. The van der Waals surface area contributed by atoms with Crippen LogP contribution in [0.25, 0.3) is 5.69 Å². The number of rotatable bonds is 7. The number of aromatic nitrogens is 2. The van der Waals surface area contributed by atoms with Crippen molar-refractivity contribution in [1.82, 2.24) is 14.7 Å². The molecule has 0 atom stereocenters. The molecular weight excluding hydrogens is 342 g/mol. The quantitative estimate of drug-likeness (QED) is 0.815. The Morgan fingerprint density at radius 3 is 2.44 bits per heavy atom. The van der Waals surface area contributed by atoms with Crippen molar-refractivity contribution in [2.45, 2.75) is 33.1 Å². The van der Waals surface area contributed by atoms with Crippen molar-refractivity contribution in [3.05, 3.63) is 46.7 Å². The van der Waals surface area contributed by atoms with Gasteiger partial charge in [-0.2, -0.15) is 5.10 Å². The zero-order valence-electron chi connectivity index (χ0n) is 14.6. The predicted octanol–water partition coefficient (Wildman–Crippen LogP) is 3.59. The minimum atomic E-state index is -0.924. The first-order valence-corrected chi connectivity index (χ1v) is 8.57. The Morgan fingerprint density at radius 2 is 1.92 bits per heavy atom. The molecule has 25 heavy (non-hydrogen) atoms. The number of carbonyl (C=O) groups excluding carboxylic acids is 1. The molecule has 1 N–H and O–H groups in total. The highest BCUT2D eigenvalue weighted by atomic mass is 35.5. The molecule has 0 aliphatic rings. The Balaban J connectivity index is 2.39. The molecule has 0 fully saturated rings. The average Bonchev–Trinajstić information content (AvgIpc) is 3.00. The number of carboxylic acid groups (broad SMARTS) is 1. The Labute approximate surface area is 152 Å². The van der Waals surface area contributed by atoms with Crippen molar-refractivity contribution in [3.8, 4) is 5.69 Å². The molecule has 1 amide bonds. The zero-order valence-corrected chi connectivity index (χ0v) is 15.3. The fourth-order valence-electron chi connectivity index (χ4n) is 2.67. The first-order chi connectivity index (χ1) is 11.8. The van der Waals surface area contributed by atoms with E-state index in [1.807, 2.05) is 32.9 Å². The number of hydrogen-bond donors (Lipinski definition) is 1. The summed E-state index contributed by atoms with van der Waals surface area (Å²) in [6, 6.07) is 7.24. The summed E-state index contributed by atoms with van der Waals surface area (Å²) in [6.45, 7) is 6.43. The Bertz CT molecular complexity index is 753. The molecule has 0 radical (unpaired) electrons. The maximum Gasteiger partial charge on any atom is 0.305 e. The molecule has 0 aliphatic carbocycles. The lowest BCUT2D eigenvalue weighted by molar-refractivity contribution is -0.137. The van der Waals surface area contributed by atoms with Crippen LogP contribution in [0.1, 0.15) is 49.2 Å². The predicted molar refractivity (Wildman–Crippen MR) is 96.5 cm³/mol. The standard InChI is InChI=1S/C18H22ClN3O3/c1-4-21(10-9-16(23)24)18(25)15-11-20-22(17(15)12(2)3)14-7-5-13(19)6-8-14/h5-8,11-12H,4,9-10H2,1-3H3,(H,23,24). The molecule has 2 rings (SSSR count). The summed E-state index contributed by atoms with van der Waals surface area (Å²) < 4.78 is 1.74. The summed E-state index contributed by atoms with van der Waals surface area (Å²) in [6.07, 6.45) is 1.47. The van der Waals surface area contributed by atoms with Gasteiger partial charge in [-0.15, -0.1) is 0 Å². The zero-order chi connectivity index (χ0) is 18.6. The van der Waals surface area contributed by atoms with Gasteiger partial charge in [0.2, 0.25) is 0 Å². The summed E-state index contributed by atoms with van der Waals surface area (Å²) in [5, 5.41) is 13.9. The maximum atomic E-state index is 12.9. The molecule has 2 aromatic rings. The van der Waals surface area contributed by atoms with E-state index in [-0.39, 0.29) is 24.8 Å². The van der Waals surface area contributed by atoms with Gasteiger partial charge in [-0.3, -0.25) is 9.59 Å². The van der Waals surface area contributed by atoms with Crippen LogP contribution in [0.15, 0.2) is 30.5 Å². The molecule has 0 aliphatic heterocycles. The highest BCUT2D eigenvalue weighted by molar-refractivity contribution is 6.30. The first-order valence-electron chi connectivity index (χ1n) is 8.20. The van der Waals surface area contributed by atoms with Gasteiger partial charge in [-0.05, 0) is 37.1 Å². The fraction of sp³-hybridized carbons (Fsp3) is 0.389. The molecule has 0 unspecified atom stereocenters. The van der Waals surface area contributed by atoms with E-state index in [1.165, 1.54) is 4.90 Å². The summed E-state index contributed by atoms with van der Waals surface area (Å²) >= 11 is 5.94. The van der Waals surface area contributed by atoms with Crippen LogP contribution in [0.2, 0.25) is 5.02 Å². The van der Waals surface area contributed by atoms with E-state index in [2.05, 4.69) is 5.10 Å². The molecule has 7 heteroatoms. The highest BCUT2D eigenvalue weighted by Crippen LogP contribution is 2.25. The summed E-state index contributed by atoms with van der Waals surface area (Å²) in [4.78, 5) is 25.2. The summed E-state index contributed by atoms with van der Waals surface area (Å²) in [7, 11) is 0. The normalized spacial score (nSPS) is 10.9.